The first kappa shape index (κ1) is 18.2. The highest BCUT2D eigenvalue weighted by Gasteiger charge is 2.58. The van der Waals surface area contributed by atoms with E-state index in [4.69, 9.17) is 14.2 Å². The van der Waals surface area contributed by atoms with Crippen LogP contribution in [0.5, 0.6) is 11.5 Å². The molecule has 2 aliphatic heterocycles. The van der Waals surface area contributed by atoms with Gasteiger partial charge >= 0.3 is 5.97 Å². The van der Waals surface area contributed by atoms with Crippen molar-refractivity contribution in [2.24, 2.45) is 11.8 Å². The number of ketones is 1. The highest BCUT2D eigenvalue weighted by molar-refractivity contribution is 6.10. The third-order valence-corrected chi connectivity index (χ3v) is 5.29. The van der Waals surface area contributed by atoms with Crippen LogP contribution < -0.4 is 4.74 Å². The van der Waals surface area contributed by atoms with Crippen molar-refractivity contribution in [2.75, 3.05) is 14.2 Å². The summed E-state index contributed by atoms with van der Waals surface area (Å²) in [7, 11) is 2.90. The van der Waals surface area contributed by atoms with Crippen molar-refractivity contribution in [3.8, 4) is 11.5 Å². The average molecular weight is 358 g/mol. The van der Waals surface area contributed by atoms with Gasteiger partial charge in [0.15, 0.2) is 17.3 Å². The van der Waals surface area contributed by atoms with Gasteiger partial charge in [-0.15, -0.1) is 6.58 Å². The van der Waals surface area contributed by atoms with Crippen molar-refractivity contribution in [1.29, 1.82) is 0 Å². The third kappa shape index (κ3) is 2.61. The molecule has 0 spiro atoms. The molecule has 1 N–H and O–H groups in total. The lowest BCUT2D eigenvalue weighted by atomic mass is 9.72. The highest BCUT2D eigenvalue weighted by Crippen LogP contribution is 2.51. The van der Waals surface area contributed by atoms with E-state index >= 15 is 0 Å². The molecule has 1 fully saturated rings. The molecule has 138 valence electrons. The number of hydrogen-bond acceptors (Lipinski definition) is 6. The quantitative estimate of drug-likeness (QED) is 0.495. The number of carbonyl (C=O) groups excluding carboxylic acids is 2. The van der Waals surface area contributed by atoms with E-state index in [0.29, 0.717) is 17.6 Å². The van der Waals surface area contributed by atoms with Crippen LogP contribution in [0.1, 0.15) is 24.8 Å². The van der Waals surface area contributed by atoms with Crippen LogP contribution in [0.25, 0.3) is 0 Å². The maximum atomic E-state index is 13.1. The Labute approximate surface area is 152 Å². The molecule has 0 aromatic heterocycles. The summed E-state index contributed by atoms with van der Waals surface area (Å²) in [4.78, 5) is 25.7. The number of Topliss-reactive ketones (excluding diaryl/α,β-unsaturated/α-hetero) is 1. The molecule has 26 heavy (non-hydrogen) atoms. The zero-order valence-corrected chi connectivity index (χ0v) is 15.0. The third-order valence-electron chi connectivity index (χ3n) is 5.29. The lowest BCUT2D eigenvalue weighted by Gasteiger charge is -2.43. The lowest BCUT2D eigenvalue weighted by Crippen LogP contribution is -2.52. The topological polar surface area (TPSA) is 82.1 Å². The van der Waals surface area contributed by atoms with E-state index in [9.17, 15) is 14.7 Å². The number of ether oxygens (including phenoxy) is 3. The molecule has 1 aromatic rings. The number of hydrogen-bond donors (Lipinski definition) is 1. The number of phenolic OH excluding ortho intramolecular Hbond substituents is 1. The van der Waals surface area contributed by atoms with Crippen LogP contribution in [0.15, 0.2) is 42.5 Å². The molecule has 4 unspecified atom stereocenters. The van der Waals surface area contributed by atoms with E-state index in [-0.39, 0.29) is 23.2 Å². The van der Waals surface area contributed by atoms with Crippen molar-refractivity contribution in [1.82, 2.24) is 0 Å². The van der Waals surface area contributed by atoms with Gasteiger partial charge in [0.2, 0.25) is 5.79 Å². The molecule has 6 heteroatoms. The summed E-state index contributed by atoms with van der Waals surface area (Å²) in [5.74, 6) is -3.72. The Balaban J connectivity index is 2.18. The molecule has 3 aliphatic rings. The van der Waals surface area contributed by atoms with E-state index in [1.54, 1.807) is 24.3 Å². The zero-order valence-electron chi connectivity index (χ0n) is 15.0. The predicted octanol–water partition coefficient (Wildman–Crippen LogP) is 2.72. The summed E-state index contributed by atoms with van der Waals surface area (Å²) < 4.78 is 16.3. The van der Waals surface area contributed by atoms with Crippen LogP contribution in [-0.4, -0.2) is 36.9 Å². The second kappa shape index (κ2) is 6.61. The van der Waals surface area contributed by atoms with Gasteiger partial charge in [0.1, 0.15) is 5.92 Å². The van der Waals surface area contributed by atoms with E-state index in [0.717, 1.165) is 0 Å². The fraction of sp³-hybridized carbons (Fsp3) is 0.400. The smallest absolute Gasteiger partial charge is 0.320 e. The fourth-order valence-corrected chi connectivity index (χ4v) is 3.93. The van der Waals surface area contributed by atoms with Crippen LogP contribution in [-0.2, 0) is 19.1 Å². The maximum absolute atomic E-state index is 13.1. The monoisotopic (exact) mass is 358 g/mol. The molecular formula is C20H22O6. The summed E-state index contributed by atoms with van der Waals surface area (Å²) in [5.41, 5.74) is 1.16. The first-order chi connectivity index (χ1) is 12.4. The van der Waals surface area contributed by atoms with Gasteiger partial charge in [-0.2, -0.15) is 0 Å². The molecule has 0 radical (unpaired) electrons. The van der Waals surface area contributed by atoms with E-state index in [1.165, 1.54) is 20.3 Å². The normalized spacial score (nSPS) is 30.4. The Morgan fingerprint density at radius 2 is 2.08 bits per heavy atom. The molecule has 6 nitrogen and oxygen atoms in total. The first-order valence-corrected chi connectivity index (χ1v) is 8.40. The van der Waals surface area contributed by atoms with Gasteiger partial charge in [-0.25, -0.2) is 0 Å². The standard InChI is InChI=1S/C20H22O6/c1-5-6-13-10-20(25-4)11(2)16(17(18(13)22)19(23)26-20)12-7-8-14(21)15(9-12)24-3/h5,7-11,16-17,21H,1,6H2,2-4H3. The van der Waals surface area contributed by atoms with Gasteiger partial charge in [0.25, 0.3) is 0 Å². The van der Waals surface area contributed by atoms with Crippen molar-refractivity contribution < 1.29 is 28.9 Å². The Bertz CT molecular complexity index is 795. The van der Waals surface area contributed by atoms with E-state index in [2.05, 4.69) is 6.58 Å². The van der Waals surface area contributed by atoms with Crippen LogP contribution in [0.3, 0.4) is 0 Å². The van der Waals surface area contributed by atoms with Gasteiger partial charge < -0.3 is 19.3 Å². The number of methoxy groups -OCH3 is 2. The maximum Gasteiger partial charge on any atom is 0.320 e. The van der Waals surface area contributed by atoms with Gasteiger partial charge in [0, 0.05) is 24.5 Å². The van der Waals surface area contributed by atoms with Crippen LogP contribution in [0.4, 0.5) is 0 Å². The molecule has 1 aromatic carbocycles. The molecule has 4 atom stereocenters. The van der Waals surface area contributed by atoms with Crippen LogP contribution in [0.2, 0.25) is 0 Å². The van der Waals surface area contributed by atoms with E-state index < -0.39 is 23.6 Å². The second-order valence-electron chi connectivity index (χ2n) is 6.60. The number of rotatable bonds is 5. The molecule has 1 saturated heterocycles. The number of aromatic hydroxyl groups is 1. The number of esters is 1. The minimum Gasteiger partial charge on any atom is -0.504 e. The number of fused-ring (bicyclic) bond motifs is 3. The lowest BCUT2D eigenvalue weighted by molar-refractivity contribution is -0.239. The summed E-state index contributed by atoms with van der Waals surface area (Å²) in [6.45, 7) is 5.57. The van der Waals surface area contributed by atoms with Gasteiger partial charge in [-0.1, -0.05) is 19.1 Å². The van der Waals surface area contributed by atoms with Crippen molar-refractivity contribution in [2.45, 2.75) is 25.0 Å². The SMILES string of the molecule is C=CCC1=CC2(OC)OC(=O)C(C1=O)C(c1ccc(O)c(OC)c1)C2C. The summed E-state index contributed by atoms with van der Waals surface area (Å²) in [6, 6.07) is 4.83. The van der Waals surface area contributed by atoms with Crippen molar-refractivity contribution >= 4 is 11.8 Å². The molecule has 0 amide bonds. The Morgan fingerprint density at radius 3 is 2.69 bits per heavy atom. The Hall–Kier alpha value is -2.60. The first-order valence-electron chi connectivity index (χ1n) is 8.40. The Kier molecular flexibility index (Phi) is 4.63. The molecule has 4 rings (SSSR count). The largest absolute Gasteiger partial charge is 0.504 e. The minimum atomic E-state index is -1.33. The molecule has 2 bridgehead atoms. The van der Waals surface area contributed by atoms with E-state index in [1.807, 2.05) is 6.92 Å². The highest BCUT2D eigenvalue weighted by atomic mass is 16.7. The molecule has 0 saturated carbocycles. The Morgan fingerprint density at radius 1 is 1.35 bits per heavy atom. The minimum absolute atomic E-state index is 0.0106. The van der Waals surface area contributed by atoms with Gasteiger partial charge in [0.05, 0.1) is 7.11 Å². The predicted molar refractivity (Wildman–Crippen MR) is 93.8 cm³/mol. The number of allylic oxidation sites excluding steroid dienone is 2. The molecule has 2 heterocycles. The van der Waals surface area contributed by atoms with Crippen LogP contribution >= 0.6 is 0 Å². The number of benzene rings is 1. The fourth-order valence-electron chi connectivity index (χ4n) is 3.93. The summed E-state index contributed by atoms with van der Waals surface area (Å²) in [5, 5.41) is 9.87. The van der Waals surface area contributed by atoms with Gasteiger partial charge in [-0.05, 0) is 30.2 Å². The number of carbonyl (C=O) groups is 2. The molecule has 1 aliphatic carbocycles. The molecular weight excluding hydrogens is 336 g/mol. The van der Waals surface area contributed by atoms with Crippen molar-refractivity contribution in [3.05, 3.63) is 48.1 Å². The van der Waals surface area contributed by atoms with Crippen LogP contribution in [0, 0.1) is 11.8 Å². The van der Waals surface area contributed by atoms with Crippen molar-refractivity contribution in [3.63, 3.8) is 0 Å². The van der Waals surface area contributed by atoms with Gasteiger partial charge in [-0.3, -0.25) is 9.59 Å². The summed E-state index contributed by atoms with van der Waals surface area (Å²) in [6.07, 6.45) is 3.55. The number of phenols is 1. The second-order valence-corrected chi connectivity index (χ2v) is 6.60. The summed E-state index contributed by atoms with van der Waals surface area (Å²) >= 11 is 0. The average Bonchev–Trinajstić information content (AvgIpc) is 2.78. The zero-order chi connectivity index (χ0) is 19.1.